The number of hydrogen-bond donors (Lipinski definition) is 5. The Balaban J connectivity index is 1.70. The molecule has 3 aliphatic carbocycles. The first kappa shape index (κ1) is 28.1. The monoisotopic (exact) mass is 566 g/mol. The van der Waals surface area contributed by atoms with E-state index < -0.39 is 75.6 Å². The zero-order valence-electron chi connectivity index (χ0n) is 22.8. The Morgan fingerprint density at radius 1 is 1.07 bits per heavy atom. The number of aliphatic hydroxyl groups excluding tert-OH is 2. The van der Waals surface area contributed by atoms with E-state index in [1.165, 1.54) is 4.90 Å². The molecule has 0 saturated carbocycles. The number of primary amides is 1. The van der Waals surface area contributed by atoms with E-state index in [0.29, 0.717) is 11.3 Å². The van der Waals surface area contributed by atoms with Crippen LogP contribution in [0, 0.1) is 11.8 Å². The summed E-state index contributed by atoms with van der Waals surface area (Å²) in [7, 11) is 6.55. The first-order valence-electron chi connectivity index (χ1n) is 12.9. The molecule has 13 nitrogen and oxygen atoms in total. The fourth-order valence-corrected chi connectivity index (χ4v) is 6.63. The van der Waals surface area contributed by atoms with Gasteiger partial charge in [-0.25, -0.2) is 0 Å². The van der Waals surface area contributed by atoms with Crippen LogP contribution in [-0.2, 0) is 32.1 Å². The van der Waals surface area contributed by atoms with Gasteiger partial charge in [0.25, 0.3) is 17.7 Å². The van der Waals surface area contributed by atoms with Gasteiger partial charge in [-0.05, 0) is 44.5 Å². The molecule has 0 saturated heterocycles. The van der Waals surface area contributed by atoms with E-state index >= 15 is 0 Å². The van der Waals surface area contributed by atoms with Crippen LogP contribution in [-0.4, -0.2) is 99.3 Å². The van der Waals surface area contributed by atoms with Crippen molar-refractivity contribution >= 4 is 35.0 Å². The smallest absolute Gasteiger partial charge is 0.255 e. The molecule has 0 radical (unpaired) electrons. The number of Topliss-reactive ketones (excluding diaryl/α,β-unsaturated/α-hetero) is 2. The highest BCUT2D eigenvalue weighted by molar-refractivity contribution is 6.25. The lowest BCUT2D eigenvalue weighted by Crippen LogP contribution is -2.63. The summed E-state index contributed by atoms with van der Waals surface area (Å²) in [4.78, 5) is 68.1. The number of aliphatic hydroxyl groups is 3. The molecule has 41 heavy (non-hydrogen) atoms. The number of carbonyl (C=O) groups is 5. The fraction of sp³-hybridized carbons (Fsp3) is 0.393. The highest BCUT2D eigenvalue weighted by atomic mass is 16.3. The number of benzene rings is 1. The summed E-state index contributed by atoms with van der Waals surface area (Å²) < 4.78 is 0. The third-order valence-corrected chi connectivity index (χ3v) is 8.49. The predicted octanol–water partition coefficient (Wildman–Crippen LogP) is -0.388. The Morgan fingerprint density at radius 3 is 2.22 bits per heavy atom. The van der Waals surface area contributed by atoms with Crippen LogP contribution in [0.15, 0.2) is 40.9 Å². The molecule has 13 heteroatoms. The molecule has 0 aromatic heterocycles. The first-order valence-corrected chi connectivity index (χ1v) is 12.9. The number of amides is 3. The lowest BCUT2D eigenvalue weighted by Gasteiger charge is -2.50. The number of fused-ring (bicyclic) bond motifs is 3. The van der Waals surface area contributed by atoms with Crippen molar-refractivity contribution in [2.24, 2.45) is 17.6 Å². The Morgan fingerprint density at radius 2 is 1.68 bits per heavy atom. The standard InChI is InChI=1S/C28H30N4O9/c1-30(2)15-9-12(10-32-16(33)5-6-17(32)34)22(35)19-13(15)7-11-8-14-21(31(3)4)24(37)20(27(29)40)26(39)28(14,41)25(38)18(11)23(19)36/h5-6,9,11,14,21,35,37-38,41H,7-8,10H2,1-4H3,(H2,29,40)/t11?,14?,21?,28-/m0/s1. The molecule has 3 amide bonds. The van der Waals surface area contributed by atoms with Crippen molar-refractivity contribution in [1.29, 1.82) is 0 Å². The van der Waals surface area contributed by atoms with Gasteiger partial charge in [0.2, 0.25) is 5.78 Å². The van der Waals surface area contributed by atoms with Crippen molar-refractivity contribution in [1.82, 2.24) is 9.80 Å². The van der Waals surface area contributed by atoms with Gasteiger partial charge in [0.05, 0.1) is 18.2 Å². The molecule has 6 N–H and O–H groups in total. The number of carbonyl (C=O) groups excluding carboxylic acids is 5. The van der Waals surface area contributed by atoms with E-state index in [2.05, 4.69) is 0 Å². The molecular weight excluding hydrogens is 536 g/mol. The van der Waals surface area contributed by atoms with Gasteiger partial charge in [-0.15, -0.1) is 0 Å². The van der Waals surface area contributed by atoms with Crippen LogP contribution in [0.1, 0.15) is 27.9 Å². The van der Waals surface area contributed by atoms with Crippen molar-refractivity contribution in [3.8, 4) is 5.75 Å². The van der Waals surface area contributed by atoms with Crippen LogP contribution in [0.3, 0.4) is 0 Å². The highest BCUT2D eigenvalue weighted by Gasteiger charge is 2.63. The molecule has 0 fully saturated rings. The predicted molar refractivity (Wildman–Crippen MR) is 143 cm³/mol. The van der Waals surface area contributed by atoms with E-state index in [1.807, 2.05) is 0 Å². The number of hydrogen-bond acceptors (Lipinski definition) is 11. The summed E-state index contributed by atoms with van der Waals surface area (Å²) >= 11 is 0. The summed E-state index contributed by atoms with van der Waals surface area (Å²) in [5, 5.41) is 45.4. The van der Waals surface area contributed by atoms with Crippen LogP contribution in [0.2, 0.25) is 0 Å². The maximum absolute atomic E-state index is 14.1. The zero-order valence-corrected chi connectivity index (χ0v) is 22.8. The lowest BCUT2D eigenvalue weighted by molar-refractivity contribution is -0.148. The van der Waals surface area contributed by atoms with E-state index in [-0.39, 0.29) is 36.1 Å². The van der Waals surface area contributed by atoms with Gasteiger partial charge in [0.1, 0.15) is 22.8 Å². The maximum atomic E-state index is 14.1. The number of phenols is 1. The molecule has 1 aromatic rings. The summed E-state index contributed by atoms with van der Waals surface area (Å²) in [6.45, 7) is -0.326. The van der Waals surface area contributed by atoms with E-state index in [1.54, 1.807) is 39.2 Å². The van der Waals surface area contributed by atoms with Crippen LogP contribution >= 0.6 is 0 Å². The van der Waals surface area contributed by atoms with E-state index in [9.17, 15) is 44.4 Å². The van der Waals surface area contributed by atoms with Crippen LogP contribution in [0.4, 0.5) is 5.69 Å². The van der Waals surface area contributed by atoms with Crippen molar-refractivity contribution in [2.75, 3.05) is 33.1 Å². The SMILES string of the molecule is CN(C)c1cc(CN2C(=O)C=CC2=O)c(O)c2c1CC1CC3C(N(C)C)C(O)=C(C(N)=O)C(=O)[C@@]3(O)C(O)=C1C2=O. The van der Waals surface area contributed by atoms with E-state index in [0.717, 1.165) is 17.1 Å². The molecular formula is C28H30N4O9. The average molecular weight is 567 g/mol. The molecule has 4 atom stereocenters. The highest BCUT2D eigenvalue weighted by Crippen LogP contribution is 2.53. The minimum atomic E-state index is -2.75. The molecule has 1 heterocycles. The Bertz CT molecular complexity index is 1540. The second kappa shape index (κ2) is 9.28. The summed E-state index contributed by atoms with van der Waals surface area (Å²) in [5.41, 5.74) is 2.30. The lowest BCUT2D eigenvalue weighted by atomic mass is 9.58. The van der Waals surface area contributed by atoms with Gasteiger partial charge in [-0.2, -0.15) is 0 Å². The van der Waals surface area contributed by atoms with Crippen molar-refractivity contribution < 1.29 is 44.4 Å². The van der Waals surface area contributed by atoms with Crippen LogP contribution in [0.5, 0.6) is 5.75 Å². The Kier molecular flexibility index (Phi) is 6.35. The number of nitrogens with zero attached hydrogens (tertiary/aromatic N) is 3. The van der Waals surface area contributed by atoms with Gasteiger partial charge < -0.3 is 31.1 Å². The number of ketones is 2. The number of phenolic OH excluding ortho intramolecular Hbond substituents is 1. The normalized spacial score (nSPS) is 27.5. The number of rotatable bonds is 5. The minimum Gasteiger partial charge on any atom is -0.510 e. The summed E-state index contributed by atoms with van der Waals surface area (Å²) in [6, 6.07) is 0.489. The molecule has 5 rings (SSSR count). The number of aromatic hydroxyl groups is 1. The molecule has 4 aliphatic rings. The second-order valence-electron chi connectivity index (χ2n) is 11.2. The van der Waals surface area contributed by atoms with Gasteiger partial charge in [-0.3, -0.25) is 33.8 Å². The molecule has 216 valence electrons. The molecule has 3 unspecified atom stereocenters. The van der Waals surface area contributed by atoms with E-state index in [4.69, 9.17) is 5.73 Å². The summed E-state index contributed by atoms with van der Waals surface area (Å²) in [6.07, 6.45) is 2.26. The minimum absolute atomic E-state index is 0.0381. The van der Waals surface area contributed by atoms with Crippen molar-refractivity contribution in [3.05, 3.63) is 57.6 Å². The van der Waals surface area contributed by atoms with Crippen molar-refractivity contribution in [2.45, 2.75) is 31.0 Å². The van der Waals surface area contributed by atoms with Gasteiger partial charge in [-0.1, -0.05) is 0 Å². The number of anilines is 1. The molecule has 0 spiro atoms. The zero-order chi connectivity index (χ0) is 30.3. The third kappa shape index (κ3) is 3.79. The largest absolute Gasteiger partial charge is 0.510 e. The topological polar surface area (TPSA) is 202 Å². The van der Waals surface area contributed by atoms with Crippen LogP contribution < -0.4 is 10.6 Å². The second-order valence-corrected chi connectivity index (χ2v) is 11.2. The number of nitrogens with two attached hydrogens (primary N) is 1. The van der Waals surface area contributed by atoms with Gasteiger partial charge in [0, 0.05) is 49.0 Å². The molecule has 1 aliphatic heterocycles. The number of likely N-dealkylation sites (N-methyl/N-ethyl adjacent to an activating group) is 1. The quantitative estimate of drug-likeness (QED) is 0.229. The summed E-state index contributed by atoms with van der Waals surface area (Å²) in [5.74, 6) is -8.62. The van der Waals surface area contributed by atoms with Gasteiger partial charge in [0.15, 0.2) is 11.4 Å². The Labute approximate surface area is 234 Å². The van der Waals surface area contributed by atoms with Gasteiger partial charge >= 0.3 is 0 Å². The Hall–Kier alpha value is -4.49. The van der Waals surface area contributed by atoms with Crippen LogP contribution in [0.25, 0.3) is 0 Å². The third-order valence-electron chi connectivity index (χ3n) is 8.49. The van der Waals surface area contributed by atoms with Crippen molar-refractivity contribution in [3.63, 3.8) is 0 Å². The fourth-order valence-electron chi connectivity index (χ4n) is 6.63. The molecule has 0 bridgehead atoms. The first-order chi connectivity index (χ1) is 19.1. The number of imide groups is 1. The number of allylic oxidation sites excluding steroid dienone is 1. The molecule has 1 aromatic carbocycles. The average Bonchev–Trinajstić information content (AvgIpc) is 3.19. The maximum Gasteiger partial charge on any atom is 0.255 e.